The molecule has 1 heterocycles. The SMILES string of the molecule is COCC1(C(=O)N(C)CCOc2ccccc2Cl)CCNCC1. The summed E-state index contributed by atoms with van der Waals surface area (Å²) in [7, 11) is 3.47. The number of nitrogens with one attached hydrogen (secondary N) is 1. The molecule has 0 bridgehead atoms. The Balaban J connectivity index is 1.89. The maximum absolute atomic E-state index is 12.9. The number of piperidine rings is 1. The maximum atomic E-state index is 12.9. The third kappa shape index (κ3) is 4.59. The van der Waals surface area contributed by atoms with Crippen molar-refractivity contribution in [2.24, 2.45) is 5.41 Å². The van der Waals surface area contributed by atoms with Gasteiger partial charge in [-0.05, 0) is 38.1 Å². The van der Waals surface area contributed by atoms with E-state index in [2.05, 4.69) is 5.32 Å². The number of amides is 1. The van der Waals surface area contributed by atoms with Crippen LogP contribution in [0.5, 0.6) is 5.75 Å². The topological polar surface area (TPSA) is 50.8 Å². The fourth-order valence-corrected chi connectivity index (χ4v) is 3.15. The number of halogens is 1. The fourth-order valence-electron chi connectivity index (χ4n) is 2.96. The molecule has 0 unspecified atom stereocenters. The minimum Gasteiger partial charge on any atom is -0.490 e. The van der Waals surface area contributed by atoms with Gasteiger partial charge in [-0.25, -0.2) is 0 Å². The highest BCUT2D eigenvalue weighted by molar-refractivity contribution is 6.32. The van der Waals surface area contributed by atoms with Crippen molar-refractivity contribution in [1.29, 1.82) is 0 Å². The van der Waals surface area contributed by atoms with Gasteiger partial charge in [0.2, 0.25) is 5.91 Å². The summed E-state index contributed by atoms with van der Waals surface area (Å²) in [6, 6.07) is 7.34. The Morgan fingerprint density at radius 2 is 2.04 bits per heavy atom. The summed E-state index contributed by atoms with van der Waals surface area (Å²) in [5.41, 5.74) is -0.418. The minimum absolute atomic E-state index is 0.128. The van der Waals surface area contributed by atoms with Crippen molar-refractivity contribution < 1.29 is 14.3 Å². The van der Waals surface area contributed by atoms with Gasteiger partial charge < -0.3 is 19.7 Å². The Morgan fingerprint density at radius 3 is 2.70 bits per heavy atom. The highest BCUT2D eigenvalue weighted by Crippen LogP contribution is 2.31. The quantitative estimate of drug-likeness (QED) is 0.826. The molecule has 1 aromatic carbocycles. The van der Waals surface area contributed by atoms with Crippen molar-refractivity contribution in [1.82, 2.24) is 10.2 Å². The highest BCUT2D eigenvalue weighted by atomic mass is 35.5. The molecule has 1 N–H and O–H groups in total. The molecule has 1 saturated heterocycles. The van der Waals surface area contributed by atoms with E-state index in [0.717, 1.165) is 25.9 Å². The van der Waals surface area contributed by atoms with Crippen LogP contribution < -0.4 is 10.1 Å². The van der Waals surface area contributed by atoms with E-state index >= 15 is 0 Å². The predicted octanol–water partition coefficient (Wildman–Crippen LogP) is 2.19. The molecule has 1 aliphatic rings. The molecule has 1 amide bonds. The van der Waals surface area contributed by atoms with E-state index in [-0.39, 0.29) is 5.91 Å². The summed E-state index contributed by atoms with van der Waals surface area (Å²) < 4.78 is 11.0. The standard InChI is InChI=1S/C17H25ClN2O3/c1-20(11-12-23-15-6-4-3-5-14(15)18)16(21)17(13-22-2)7-9-19-10-8-17/h3-6,19H,7-13H2,1-2H3. The van der Waals surface area contributed by atoms with Gasteiger partial charge in [-0.3, -0.25) is 4.79 Å². The van der Waals surface area contributed by atoms with Gasteiger partial charge in [-0.2, -0.15) is 0 Å². The Kier molecular flexibility index (Phi) is 6.69. The zero-order valence-electron chi connectivity index (χ0n) is 13.8. The number of ether oxygens (including phenoxy) is 2. The average Bonchev–Trinajstić information content (AvgIpc) is 2.57. The number of nitrogens with zero attached hydrogens (tertiary/aromatic N) is 1. The third-order valence-electron chi connectivity index (χ3n) is 4.30. The Morgan fingerprint density at radius 1 is 1.35 bits per heavy atom. The van der Waals surface area contributed by atoms with Crippen molar-refractivity contribution in [2.75, 3.05) is 47.0 Å². The summed E-state index contributed by atoms with van der Waals surface area (Å²) in [6.45, 7) is 3.08. The molecular weight excluding hydrogens is 316 g/mol. The van der Waals surface area contributed by atoms with Crippen molar-refractivity contribution in [3.05, 3.63) is 29.3 Å². The molecule has 1 fully saturated rings. The van der Waals surface area contributed by atoms with Crippen LogP contribution in [-0.4, -0.2) is 57.8 Å². The molecule has 5 nitrogen and oxygen atoms in total. The van der Waals surface area contributed by atoms with Crippen LogP contribution in [0.4, 0.5) is 0 Å². The number of rotatable bonds is 7. The zero-order valence-corrected chi connectivity index (χ0v) is 14.6. The first-order valence-electron chi connectivity index (χ1n) is 7.91. The lowest BCUT2D eigenvalue weighted by Crippen LogP contribution is -2.51. The van der Waals surface area contributed by atoms with Crippen LogP contribution in [0, 0.1) is 5.41 Å². The lowest BCUT2D eigenvalue weighted by molar-refractivity contribution is -0.146. The number of hydrogen-bond acceptors (Lipinski definition) is 4. The molecule has 23 heavy (non-hydrogen) atoms. The number of likely N-dealkylation sites (N-methyl/N-ethyl adjacent to an activating group) is 1. The van der Waals surface area contributed by atoms with Crippen LogP contribution in [0.15, 0.2) is 24.3 Å². The minimum atomic E-state index is -0.418. The molecule has 1 aliphatic heterocycles. The number of carbonyl (C=O) groups is 1. The summed E-state index contributed by atoms with van der Waals surface area (Å²) in [6.07, 6.45) is 1.60. The summed E-state index contributed by atoms with van der Waals surface area (Å²) in [5.74, 6) is 0.770. The second-order valence-electron chi connectivity index (χ2n) is 5.97. The second-order valence-corrected chi connectivity index (χ2v) is 6.38. The van der Waals surface area contributed by atoms with Gasteiger partial charge in [0.05, 0.1) is 23.6 Å². The van der Waals surface area contributed by atoms with Crippen molar-refractivity contribution >= 4 is 17.5 Å². The molecule has 0 aliphatic carbocycles. The van der Waals surface area contributed by atoms with Crippen LogP contribution in [0.25, 0.3) is 0 Å². The highest BCUT2D eigenvalue weighted by Gasteiger charge is 2.41. The number of para-hydroxylation sites is 1. The van der Waals surface area contributed by atoms with Gasteiger partial charge >= 0.3 is 0 Å². The van der Waals surface area contributed by atoms with E-state index in [1.165, 1.54) is 0 Å². The molecule has 2 rings (SSSR count). The summed E-state index contributed by atoms with van der Waals surface area (Å²) in [4.78, 5) is 14.6. The maximum Gasteiger partial charge on any atom is 0.231 e. The van der Waals surface area contributed by atoms with Gasteiger partial charge in [0, 0.05) is 14.2 Å². The molecule has 0 atom stereocenters. The molecule has 0 saturated carbocycles. The van der Waals surface area contributed by atoms with Crippen molar-refractivity contribution in [3.63, 3.8) is 0 Å². The number of methoxy groups -OCH3 is 1. The van der Waals surface area contributed by atoms with E-state index < -0.39 is 5.41 Å². The van der Waals surface area contributed by atoms with E-state index in [1.807, 2.05) is 25.2 Å². The van der Waals surface area contributed by atoms with Gasteiger partial charge in [-0.1, -0.05) is 23.7 Å². The van der Waals surface area contributed by atoms with Gasteiger partial charge in [0.1, 0.15) is 12.4 Å². The first-order valence-corrected chi connectivity index (χ1v) is 8.29. The van der Waals surface area contributed by atoms with Gasteiger partial charge in [0.15, 0.2) is 0 Å². The molecule has 0 spiro atoms. The second kappa shape index (κ2) is 8.52. The average molecular weight is 341 g/mol. The van der Waals surface area contributed by atoms with Crippen LogP contribution in [0.2, 0.25) is 5.02 Å². The number of carbonyl (C=O) groups excluding carboxylic acids is 1. The molecule has 6 heteroatoms. The smallest absolute Gasteiger partial charge is 0.231 e. The van der Waals surface area contributed by atoms with E-state index in [0.29, 0.717) is 30.5 Å². The predicted molar refractivity (Wildman–Crippen MR) is 91.0 cm³/mol. The van der Waals surface area contributed by atoms with E-state index in [4.69, 9.17) is 21.1 Å². The third-order valence-corrected chi connectivity index (χ3v) is 4.61. The van der Waals surface area contributed by atoms with Crippen molar-refractivity contribution in [2.45, 2.75) is 12.8 Å². The van der Waals surface area contributed by atoms with E-state index in [1.54, 1.807) is 18.1 Å². The lowest BCUT2D eigenvalue weighted by Gasteiger charge is -2.38. The van der Waals surface area contributed by atoms with Crippen LogP contribution in [-0.2, 0) is 9.53 Å². The summed E-state index contributed by atoms with van der Waals surface area (Å²) in [5, 5.41) is 3.88. The largest absolute Gasteiger partial charge is 0.490 e. The summed E-state index contributed by atoms with van der Waals surface area (Å²) >= 11 is 6.06. The number of benzene rings is 1. The van der Waals surface area contributed by atoms with Crippen LogP contribution in [0.3, 0.4) is 0 Å². The molecule has 0 radical (unpaired) electrons. The molecule has 128 valence electrons. The zero-order chi connectivity index (χ0) is 16.7. The fraction of sp³-hybridized carbons (Fsp3) is 0.588. The van der Waals surface area contributed by atoms with Gasteiger partial charge in [-0.15, -0.1) is 0 Å². The van der Waals surface area contributed by atoms with Crippen LogP contribution in [0.1, 0.15) is 12.8 Å². The van der Waals surface area contributed by atoms with E-state index in [9.17, 15) is 4.79 Å². The monoisotopic (exact) mass is 340 g/mol. The first-order chi connectivity index (χ1) is 11.1. The van der Waals surface area contributed by atoms with Crippen LogP contribution >= 0.6 is 11.6 Å². The Bertz CT molecular complexity index is 513. The molecule has 1 aromatic rings. The first kappa shape index (κ1) is 18.0. The lowest BCUT2D eigenvalue weighted by atomic mass is 9.78. The van der Waals surface area contributed by atoms with Gasteiger partial charge in [0.25, 0.3) is 0 Å². The Hall–Kier alpha value is -1.30. The van der Waals surface area contributed by atoms with Crippen molar-refractivity contribution in [3.8, 4) is 5.75 Å². The Labute approximate surface area is 142 Å². The number of hydrogen-bond donors (Lipinski definition) is 1. The molecule has 0 aromatic heterocycles. The molecular formula is C17H25ClN2O3. The normalized spacial score (nSPS) is 16.8.